The highest BCUT2D eigenvalue weighted by atomic mass is 16.5. The molecule has 0 spiro atoms. The average molecular weight is 292 g/mol. The summed E-state index contributed by atoms with van der Waals surface area (Å²) in [5.74, 6) is 0.723. The van der Waals surface area contributed by atoms with Crippen molar-refractivity contribution in [3.63, 3.8) is 0 Å². The topological polar surface area (TPSA) is 59.9 Å². The molecular formula is C16H24N2O3. The van der Waals surface area contributed by atoms with Gasteiger partial charge in [0, 0.05) is 11.6 Å². The summed E-state index contributed by atoms with van der Waals surface area (Å²) in [4.78, 5) is 16.5. The highest BCUT2D eigenvalue weighted by Gasteiger charge is 2.12. The molecule has 0 unspecified atom stereocenters. The third kappa shape index (κ3) is 6.29. The Morgan fingerprint density at radius 2 is 2.00 bits per heavy atom. The molecule has 0 aliphatic carbocycles. The molecule has 0 saturated heterocycles. The van der Waals surface area contributed by atoms with Crippen molar-refractivity contribution in [2.75, 3.05) is 13.7 Å². The summed E-state index contributed by atoms with van der Waals surface area (Å²) in [5.41, 5.74) is 0.499. The fourth-order valence-electron chi connectivity index (χ4n) is 1.52. The van der Waals surface area contributed by atoms with Gasteiger partial charge in [-0.3, -0.25) is 10.1 Å². The quantitative estimate of drug-likeness (QED) is 0.670. The molecule has 0 aromatic heterocycles. The number of ether oxygens (including phenoxy) is 2. The van der Waals surface area contributed by atoms with E-state index >= 15 is 0 Å². The van der Waals surface area contributed by atoms with E-state index in [9.17, 15) is 4.79 Å². The van der Waals surface area contributed by atoms with Gasteiger partial charge in [-0.05, 0) is 38.0 Å². The molecule has 0 heterocycles. The highest BCUT2D eigenvalue weighted by molar-refractivity contribution is 6.04. The molecule has 116 valence electrons. The molecule has 1 aromatic rings. The minimum atomic E-state index is -0.267. The fraction of sp³-hybridized carbons (Fsp3) is 0.500. The van der Waals surface area contributed by atoms with Crippen LogP contribution in [0.25, 0.3) is 0 Å². The number of carbonyl (C=O) groups is 1. The number of hydrogen-bond acceptors (Lipinski definition) is 4. The second-order valence-electron chi connectivity index (χ2n) is 5.42. The van der Waals surface area contributed by atoms with E-state index in [0.29, 0.717) is 23.8 Å². The first-order chi connectivity index (χ1) is 9.92. The number of nitrogens with one attached hydrogen (secondary N) is 1. The summed E-state index contributed by atoms with van der Waals surface area (Å²) in [6.07, 6.45) is 0. The van der Waals surface area contributed by atoms with Crippen molar-refractivity contribution in [1.29, 1.82) is 0 Å². The number of amidine groups is 1. The highest BCUT2D eigenvalue weighted by Crippen LogP contribution is 2.12. The molecule has 0 aliphatic rings. The van der Waals surface area contributed by atoms with Crippen molar-refractivity contribution in [2.45, 2.75) is 33.7 Å². The number of aliphatic imine (C=N–C) groups is 1. The van der Waals surface area contributed by atoms with Crippen molar-refractivity contribution in [2.24, 2.45) is 10.9 Å². The number of amides is 1. The summed E-state index contributed by atoms with van der Waals surface area (Å²) < 4.78 is 10.7. The van der Waals surface area contributed by atoms with Gasteiger partial charge in [-0.25, -0.2) is 4.99 Å². The lowest BCUT2D eigenvalue weighted by atomic mass is 10.2. The molecule has 21 heavy (non-hydrogen) atoms. The van der Waals surface area contributed by atoms with E-state index in [1.165, 1.54) is 0 Å². The van der Waals surface area contributed by atoms with Gasteiger partial charge in [0.2, 0.25) is 0 Å². The third-order valence-corrected chi connectivity index (χ3v) is 2.48. The molecular weight excluding hydrogens is 268 g/mol. The predicted octanol–water partition coefficient (Wildman–Crippen LogP) is 2.86. The van der Waals surface area contributed by atoms with Gasteiger partial charge in [0.05, 0.1) is 13.7 Å². The van der Waals surface area contributed by atoms with E-state index in [-0.39, 0.29) is 18.0 Å². The zero-order valence-electron chi connectivity index (χ0n) is 13.3. The maximum atomic E-state index is 12.2. The van der Waals surface area contributed by atoms with Gasteiger partial charge in [-0.2, -0.15) is 0 Å². The number of carbonyl (C=O) groups excluding carboxylic acids is 1. The van der Waals surface area contributed by atoms with Crippen molar-refractivity contribution < 1.29 is 14.3 Å². The summed E-state index contributed by atoms with van der Waals surface area (Å²) in [6.45, 7) is 8.44. The molecule has 1 aromatic carbocycles. The summed E-state index contributed by atoms with van der Waals surface area (Å²) in [5, 5.41) is 2.70. The first-order valence-corrected chi connectivity index (χ1v) is 7.08. The van der Waals surface area contributed by atoms with E-state index in [1.807, 2.05) is 27.7 Å². The Hall–Kier alpha value is -2.04. The average Bonchev–Trinajstić information content (AvgIpc) is 2.44. The van der Waals surface area contributed by atoms with Crippen LogP contribution in [-0.2, 0) is 4.74 Å². The van der Waals surface area contributed by atoms with E-state index < -0.39 is 0 Å². The van der Waals surface area contributed by atoms with Gasteiger partial charge >= 0.3 is 0 Å². The van der Waals surface area contributed by atoms with Crippen LogP contribution in [0.5, 0.6) is 5.75 Å². The standard InChI is InChI=1S/C16H24N2O3/c1-11(2)10-21-16(17-12(3)4)18-15(19)13-7-6-8-14(9-13)20-5/h6-9,11-12H,10H2,1-5H3,(H,17,18,19). The van der Waals surface area contributed by atoms with E-state index in [4.69, 9.17) is 9.47 Å². The van der Waals surface area contributed by atoms with Gasteiger partial charge in [-0.1, -0.05) is 19.9 Å². The second kappa shape index (κ2) is 8.29. The molecule has 1 rings (SSSR count). The van der Waals surface area contributed by atoms with Crippen LogP contribution in [0.3, 0.4) is 0 Å². The fourth-order valence-corrected chi connectivity index (χ4v) is 1.52. The zero-order valence-corrected chi connectivity index (χ0v) is 13.3. The Bertz CT molecular complexity index is 496. The SMILES string of the molecule is COc1cccc(C(=O)NC(=NC(C)C)OCC(C)C)c1. The van der Waals surface area contributed by atoms with E-state index in [0.717, 1.165) is 0 Å². The van der Waals surface area contributed by atoms with Gasteiger partial charge in [0.15, 0.2) is 0 Å². The van der Waals surface area contributed by atoms with Crippen LogP contribution in [0, 0.1) is 5.92 Å². The molecule has 5 heteroatoms. The van der Waals surface area contributed by atoms with Crippen molar-refractivity contribution in [3.8, 4) is 5.75 Å². The summed E-state index contributed by atoms with van der Waals surface area (Å²) in [7, 11) is 1.56. The predicted molar refractivity (Wildman–Crippen MR) is 83.8 cm³/mol. The molecule has 1 N–H and O–H groups in total. The van der Waals surface area contributed by atoms with Crippen LogP contribution < -0.4 is 10.1 Å². The monoisotopic (exact) mass is 292 g/mol. The Morgan fingerprint density at radius 3 is 2.57 bits per heavy atom. The normalized spacial score (nSPS) is 11.7. The Morgan fingerprint density at radius 1 is 1.29 bits per heavy atom. The molecule has 0 radical (unpaired) electrons. The third-order valence-electron chi connectivity index (χ3n) is 2.48. The number of nitrogens with zero attached hydrogens (tertiary/aromatic N) is 1. The van der Waals surface area contributed by atoms with Crippen LogP contribution in [0.4, 0.5) is 0 Å². The van der Waals surface area contributed by atoms with Gasteiger partial charge in [-0.15, -0.1) is 0 Å². The zero-order chi connectivity index (χ0) is 15.8. The first-order valence-electron chi connectivity index (χ1n) is 7.08. The number of rotatable bonds is 5. The molecule has 0 saturated carbocycles. The van der Waals surface area contributed by atoms with E-state index in [2.05, 4.69) is 10.3 Å². The Balaban J connectivity index is 2.79. The van der Waals surface area contributed by atoms with Crippen molar-refractivity contribution in [3.05, 3.63) is 29.8 Å². The van der Waals surface area contributed by atoms with Crippen LogP contribution >= 0.6 is 0 Å². The number of benzene rings is 1. The molecule has 1 amide bonds. The molecule has 0 aliphatic heterocycles. The summed E-state index contributed by atoms with van der Waals surface area (Å²) >= 11 is 0. The smallest absolute Gasteiger partial charge is 0.291 e. The molecule has 0 fully saturated rings. The Kier molecular flexibility index (Phi) is 6.72. The van der Waals surface area contributed by atoms with Crippen molar-refractivity contribution in [1.82, 2.24) is 5.32 Å². The van der Waals surface area contributed by atoms with Crippen LogP contribution in [-0.4, -0.2) is 31.7 Å². The van der Waals surface area contributed by atoms with Crippen LogP contribution in [0.1, 0.15) is 38.1 Å². The van der Waals surface area contributed by atoms with Gasteiger partial charge in [0.1, 0.15) is 5.75 Å². The van der Waals surface area contributed by atoms with Gasteiger partial charge in [0.25, 0.3) is 11.9 Å². The minimum Gasteiger partial charge on any atom is -0.497 e. The first kappa shape index (κ1) is 17.0. The van der Waals surface area contributed by atoms with Crippen LogP contribution in [0.15, 0.2) is 29.3 Å². The lowest BCUT2D eigenvalue weighted by Crippen LogP contribution is -2.34. The lowest BCUT2D eigenvalue weighted by molar-refractivity contribution is 0.0962. The number of methoxy groups -OCH3 is 1. The summed E-state index contributed by atoms with van der Waals surface area (Å²) in [6, 6.07) is 7.24. The van der Waals surface area contributed by atoms with E-state index in [1.54, 1.807) is 31.4 Å². The largest absolute Gasteiger partial charge is 0.497 e. The maximum absolute atomic E-state index is 12.2. The van der Waals surface area contributed by atoms with Gasteiger partial charge < -0.3 is 9.47 Å². The lowest BCUT2D eigenvalue weighted by Gasteiger charge is -2.13. The van der Waals surface area contributed by atoms with Crippen molar-refractivity contribution >= 4 is 11.9 Å². The number of hydrogen-bond donors (Lipinski definition) is 1. The molecule has 5 nitrogen and oxygen atoms in total. The minimum absolute atomic E-state index is 0.0396. The molecule has 0 bridgehead atoms. The maximum Gasteiger partial charge on any atom is 0.291 e. The molecule has 0 atom stereocenters. The second-order valence-corrected chi connectivity index (χ2v) is 5.42. The Labute approximate surface area is 126 Å². The van der Waals surface area contributed by atoms with Crippen LogP contribution in [0.2, 0.25) is 0 Å².